The number of amides is 1. The van der Waals surface area contributed by atoms with E-state index in [9.17, 15) is 9.59 Å². The predicted octanol–water partition coefficient (Wildman–Crippen LogP) is 1.62. The highest BCUT2D eigenvalue weighted by molar-refractivity contribution is 6.08. The lowest BCUT2D eigenvalue weighted by Crippen LogP contribution is -2.24. The second-order valence-electron chi connectivity index (χ2n) is 6.92. The Balaban J connectivity index is 1.64. The molecule has 2 heterocycles. The fourth-order valence-corrected chi connectivity index (χ4v) is 3.02. The van der Waals surface area contributed by atoms with Gasteiger partial charge in [0, 0.05) is 25.0 Å². The molecule has 0 saturated heterocycles. The molecular formula is C21H25BN4O2. The van der Waals surface area contributed by atoms with E-state index in [0.29, 0.717) is 25.2 Å². The van der Waals surface area contributed by atoms with Crippen molar-refractivity contribution < 1.29 is 4.79 Å². The van der Waals surface area contributed by atoms with Gasteiger partial charge in [-0.1, -0.05) is 36.7 Å². The summed E-state index contributed by atoms with van der Waals surface area (Å²) in [6.07, 6.45) is 5.61. The quantitative estimate of drug-likeness (QED) is 0.480. The number of rotatable bonds is 8. The first-order valence-corrected chi connectivity index (χ1v) is 9.62. The van der Waals surface area contributed by atoms with Crippen molar-refractivity contribution in [2.24, 2.45) is 0 Å². The monoisotopic (exact) mass is 376 g/mol. The molecule has 1 aromatic carbocycles. The zero-order chi connectivity index (χ0) is 19.9. The Morgan fingerprint density at radius 1 is 1.11 bits per heavy atom. The molecule has 6 nitrogen and oxygen atoms in total. The first-order chi connectivity index (χ1) is 13.6. The van der Waals surface area contributed by atoms with Gasteiger partial charge >= 0.3 is 0 Å². The molecular weight excluding hydrogens is 351 g/mol. The highest BCUT2D eigenvalue weighted by Gasteiger charge is 2.13. The molecule has 0 atom stereocenters. The summed E-state index contributed by atoms with van der Waals surface area (Å²) in [5.74, 6) is -0.0687. The Bertz CT molecular complexity index is 992. The van der Waals surface area contributed by atoms with Gasteiger partial charge < -0.3 is 9.88 Å². The topological polar surface area (TPSA) is 68.9 Å². The van der Waals surface area contributed by atoms with Gasteiger partial charge in [0.05, 0.1) is 24.3 Å². The first-order valence-electron chi connectivity index (χ1n) is 9.62. The van der Waals surface area contributed by atoms with E-state index in [1.807, 2.05) is 37.3 Å². The van der Waals surface area contributed by atoms with Crippen molar-refractivity contribution in [3.63, 3.8) is 0 Å². The van der Waals surface area contributed by atoms with Crippen LogP contribution in [0.25, 0.3) is 0 Å². The zero-order valence-electron chi connectivity index (χ0n) is 16.4. The SMILES string of the molecule is BCCCNC(=O)c1cn(Cc2ccc(Cn3ccccc3=O)cc2)nc1C. The summed E-state index contributed by atoms with van der Waals surface area (Å²) in [6.45, 7) is 3.68. The van der Waals surface area contributed by atoms with Crippen LogP contribution in [0.2, 0.25) is 6.32 Å². The van der Waals surface area contributed by atoms with E-state index in [1.165, 1.54) is 0 Å². The number of hydrogen-bond donors (Lipinski definition) is 1. The van der Waals surface area contributed by atoms with Crippen LogP contribution in [0.15, 0.2) is 59.7 Å². The van der Waals surface area contributed by atoms with Gasteiger partial charge in [-0.05, 0) is 30.5 Å². The van der Waals surface area contributed by atoms with E-state index in [2.05, 4.69) is 18.3 Å². The molecule has 0 fully saturated rings. The van der Waals surface area contributed by atoms with E-state index in [1.54, 1.807) is 33.8 Å². The Morgan fingerprint density at radius 3 is 2.50 bits per heavy atom. The van der Waals surface area contributed by atoms with E-state index in [0.717, 1.165) is 29.6 Å². The zero-order valence-corrected chi connectivity index (χ0v) is 16.4. The Hall–Kier alpha value is -3.09. The van der Waals surface area contributed by atoms with Crippen molar-refractivity contribution in [1.29, 1.82) is 0 Å². The van der Waals surface area contributed by atoms with Crippen molar-refractivity contribution in [2.45, 2.75) is 32.8 Å². The molecule has 0 unspecified atom stereocenters. The third-order valence-corrected chi connectivity index (χ3v) is 4.63. The first kappa shape index (κ1) is 19.7. The molecule has 0 spiro atoms. The smallest absolute Gasteiger partial charge is 0.254 e. The van der Waals surface area contributed by atoms with Gasteiger partial charge in [0.25, 0.3) is 11.5 Å². The lowest BCUT2D eigenvalue weighted by atomic mass is 10.0. The molecule has 0 radical (unpaired) electrons. The summed E-state index contributed by atoms with van der Waals surface area (Å²) in [5.41, 5.74) is 3.49. The van der Waals surface area contributed by atoms with Crippen LogP contribution in [0.4, 0.5) is 0 Å². The molecule has 7 heteroatoms. The molecule has 0 aliphatic heterocycles. The Labute approximate surface area is 165 Å². The molecule has 28 heavy (non-hydrogen) atoms. The highest BCUT2D eigenvalue weighted by atomic mass is 16.1. The predicted molar refractivity (Wildman–Crippen MR) is 113 cm³/mol. The second kappa shape index (κ2) is 9.22. The number of hydrogen-bond acceptors (Lipinski definition) is 3. The lowest BCUT2D eigenvalue weighted by molar-refractivity contribution is 0.0953. The van der Waals surface area contributed by atoms with Crippen LogP contribution in [-0.4, -0.2) is 34.6 Å². The number of carbonyl (C=O) groups excluding carboxylic acids is 1. The maximum Gasteiger partial charge on any atom is 0.254 e. The molecule has 0 saturated carbocycles. The van der Waals surface area contributed by atoms with E-state index in [4.69, 9.17) is 0 Å². The molecule has 2 aromatic heterocycles. The van der Waals surface area contributed by atoms with Crippen LogP contribution < -0.4 is 10.9 Å². The largest absolute Gasteiger partial charge is 0.352 e. The summed E-state index contributed by atoms with van der Waals surface area (Å²) in [6, 6.07) is 13.2. The average Bonchev–Trinajstić information content (AvgIpc) is 3.05. The molecule has 144 valence electrons. The Morgan fingerprint density at radius 2 is 1.82 bits per heavy atom. The van der Waals surface area contributed by atoms with Gasteiger partial charge in [-0.3, -0.25) is 14.3 Å². The lowest BCUT2D eigenvalue weighted by Gasteiger charge is -2.07. The van der Waals surface area contributed by atoms with Crippen LogP contribution >= 0.6 is 0 Å². The van der Waals surface area contributed by atoms with Gasteiger partial charge in [0.15, 0.2) is 0 Å². The standard InChI is InChI=1S/C21H25BN4O2/c1-16-19(21(28)23-11-4-10-22)15-26(24-16)14-18-8-6-17(7-9-18)13-25-12-3-2-5-20(25)27/h2-3,5-9,12,15H,4,10-11,13-14,22H2,1H3,(H,23,28). The number of benzene rings is 1. The fraction of sp³-hybridized carbons (Fsp3) is 0.286. The summed E-state index contributed by atoms with van der Waals surface area (Å²) >= 11 is 0. The number of pyridine rings is 1. The van der Waals surface area contributed by atoms with Crippen LogP contribution in [0.1, 0.15) is 33.6 Å². The second-order valence-corrected chi connectivity index (χ2v) is 6.92. The van der Waals surface area contributed by atoms with Crippen LogP contribution in [-0.2, 0) is 13.1 Å². The summed E-state index contributed by atoms with van der Waals surface area (Å²) < 4.78 is 3.47. The molecule has 0 aliphatic rings. The fourth-order valence-electron chi connectivity index (χ4n) is 3.02. The molecule has 0 aliphatic carbocycles. The molecule has 0 bridgehead atoms. The molecule has 3 aromatic rings. The van der Waals surface area contributed by atoms with Crippen LogP contribution in [0.3, 0.4) is 0 Å². The molecule has 3 rings (SSSR count). The number of carbonyl (C=O) groups is 1. The highest BCUT2D eigenvalue weighted by Crippen LogP contribution is 2.10. The number of aromatic nitrogens is 3. The normalized spacial score (nSPS) is 10.8. The third kappa shape index (κ3) is 5.00. The van der Waals surface area contributed by atoms with Gasteiger partial charge in [-0.25, -0.2) is 0 Å². The van der Waals surface area contributed by atoms with Crippen molar-refractivity contribution in [3.05, 3.63) is 87.6 Å². The van der Waals surface area contributed by atoms with Crippen molar-refractivity contribution >= 4 is 13.8 Å². The maximum absolute atomic E-state index is 12.3. The van der Waals surface area contributed by atoms with Crippen molar-refractivity contribution in [1.82, 2.24) is 19.7 Å². The van der Waals surface area contributed by atoms with Gasteiger partial charge in [-0.15, -0.1) is 0 Å². The van der Waals surface area contributed by atoms with Crippen molar-refractivity contribution in [3.8, 4) is 0 Å². The third-order valence-electron chi connectivity index (χ3n) is 4.63. The summed E-state index contributed by atoms with van der Waals surface area (Å²) in [4.78, 5) is 24.1. The Kier molecular flexibility index (Phi) is 6.47. The van der Waals surface area contributed by atoms with Gasteiger partial charge in [0.1, 0.15) is 7.85 Å². The average molecular weight is 376 g/mol. The number of aryl methyl sites for hydroxylation is 1. The van der Waals surface area contributed by atoms with Crippen LogP contribution in [0, 0.1) is 6.92 Å². The minimum atomic E-state index is -0.0687. The molecule has 1 amide bonds. The minimum absolute atomic E-state index is 0.0108. The summed E-state index contributed by atoms with van der Waals surface area (Å²) in [5, 5.41) is 7.40. The molecule has 1 N–H and O–H groups in total. The van der Waals surface area contributed by atoms with Gasteiger partial charge in [-0.2, -0.15) is 5.10 Å². The summed E-state index contributed by atoms with van der Waals surface area (Å²) in [7, 11) is 2.10. The number of nitrogens with zero attached hydrogens (tertiary/aromatic N) is 3. The van der Waals surface area contributed by atoms with E-state index in [-0.39, 0.29) is 11.5 Å². The maximum atomic E-state index is 12.3. The van der Waals surface area contributed by atoms with E-state index >= 15 is 0 Å². The van der Waals surface area contributed by atoms with E-state index < -0.39 is 0 Å². The number of nitrogens with one attached hydrogen (secondary N) is 1. The van der Waals surface area contributed by atoms with Crippen molar-refractivity contribution in [2.75, 3.05) is 6.54 Å². The minimum Gasteiger partial charge on any atom is -0.352 e. The van der Waals surface area contributed by atoms with Gasteiger partial charge in [0.2, 0.25) is 0 Å². The van der Waals surface area contributed by atoms with Crippen LogP contribution in [0.5, 0.6) is 0 Å².